The average molecular weight is 445 g/mol. The van der Waals surface area contributed by atoms with Crippen molar-refractivity contribution >= 4 is 27.5 Å². The molecule has 0 aliphatic heterocycles. The predicted molar refractivity (Wildman–Crippen MR) is 107 cm³/mol. The Morgan fingerprint density at radius 1 is 1.18 bits per heavy atom. The van der Waals surface area contributed by atoms with Crippen molar-refractivity contribution in [2.24, 2.45) is 0 Å². The molecule has 0 saturated heterocycles. The highest BCUT2D eigenvalue weighted by Crippen LogP contribution is 2.28. The summed E-state index contributed by atoms with van der Waals surface area (Å²) in [6.07, 6.45) is 0. The minimum absolute atomic E-state index is 0.134. The van der Waals surface area contributed by atoms with E-state index in [0.717, 1.165) is 10.0 Å². The van der Waals surface area contributed by atoms with Gasteiger partial charge in [-0.15, -0.1) is 0 Å². The van der Waals surface area contributed by atoms with E-state index in [2.05, 4.69) is 21.2 Å². The maximum absolute atomic E-state index is 12.4. The topological polar surface area (TPSA) is 94.6 Å². The first-order valence-electron chi connectivity index (χ1n) is 8.52. The maximum Gasteiger partial charge on any atom is 0.311 e. The number of halogens is 1. The minimum atomic E-state index is -0.571. The van der Waals surface area contributed by atoms with Gasteiger partial charge in [-0.2, -0.15) is 0 Å². The monoisotopic (exact) mass is 444 g/mol. The van der Waals surface area contributed by atoms with Gasteiger partial charge < -0.3 is 14.5 Å². The fraction of sp³-hybridized carbons (Fsp3) is 0.150. The van der Waals surface area contributed by atoms with E-state index in [1.54, 1.807) is 13.0 Å². The molecule has 0 saturated carbocycles. The number of carbonyl (C=O) groups excluding carboxylic acids is 1. The molecule has 0 aliphatic carbocycles. The molecule has 28 heavy (non-hydrogen) atoms. The molecular formula is C20H17BrN2O5. The molecule has 0 bridgehead atoms. The molecule has 0 atom stereocenters. The van der Waals surface area contributed by atoms with Crippen LogP contribution < -0.4 is 10.1 Å². The molecule has 0 unspecified atom stereocenters. The Balaban J connectivity index is 1.68. The van der Waals surface area contributed by atoms with E-state index in [4.69, 9.17) is 9.15 Å². The van der Waals surface area contributed by atoms with Crippen LogP contribution in [0.2, 0.25) is 0 Å². The van der Waals surface area contributed by atoms with Crippen molar-refractivity contribution < 1.29 is 18.9 Å². The van der Waals surface area contributed by atoms with Crippen LogP contribution in [0.1, 0.15) is 23.0 Å². The van der Waals surface area contributed by atoms with E-state index in [1.807, 2.05) is 30.3 Å². The van der Waals surface area contributed by atoms with Gasteiger partial charge in [-0.1, -0.05) is 28.1 Å². The highest BCUT2D eigenvalue weighted by Gasteiger charge is 2.18. The Kier molecular flexibility index (Phi) is 6.10. The van der Waals surface area contributed by atoms with Crippen LogP contribution in [0.4, 0.5) is 5.69 Å². The Bertz CT molecular complexity index is 998. The van der Waals surface area contributed by atoms with E-state index >= 15 is 0 Å². The second-order valence-electron chi connectivity index (χ2n) is 5.83. The summed E-state index contributed by atoms with van der Waals surface area (Å²) in [6.45, 7) is 2.19. The molecule has 3 rings (SSSR count). The van der Waals surface area contributed by atoms with Crippen molar-refractivity contribution in [3.05, 3.63) is 80.5 Å². The number of nitro benzene ring substituents is 1. The van der Waals surface area contributed by atoms with Gasteiger partial charge in [-0.3, -0.25) is 14.9 Å². The lowest BCUT2D eigenvalue weighted by atomic mass is 10.1. The molecule has 1 amide bonds. The van der Waals surface area contributed by atoms with Crippen molar-refractivity contribution in [2.45, 2.75) is 13.5 Å². The number of nitrogens with one attached hydrogen (secondary N) is 1. The van der Waals surface area contributed by atoms with Gasteiger partial charge in [0.05, 0.1) is 18.1 Å². The highest BCUT2D eigenvalue weighted by atomic mass is 79.9. The number of furan rings is 1. The van der Waals surface area contributed by atoms with Gasteiger partial charge in [0.15, 0.2) is 5.75 Å². The van der Waals surface area contributed by atoms with Crippen LogP contribution in [0.15, 0.2) is 63.5 Å². The summed E-state index contributed by atoms with van der Waals surface area (Å²) >= 11 is 3.39. The molecule has 7 nitrogen and oxygen atoms in total. The van der Waals surface area contributed by atoms with Crippen LogP contribution in [-0.2, 0) is 6.54 Å². The maximum atomic E-state index is 12.4. The molecule has 0 aliphatic rings. The van der Waals surface area contributed by atoms with E-state index < -0.39 is 10.8 Å². The summed E-state index contributed by atoms with van der Waals surface area (Å²) in [6, 6.07) is 15.4. The molecule has 0 fully saturated rings. The van der Waals surface area contributed by atoms with Gasteiger partial charge in [0.1, 0.15) is 11.5 Å². The summed E-state index contributed by atoms with van der Waals surface area (Å²) in [7, 11) is 0. The van der Waals surface area contributed by atoms with Crippen LogP contribution in [0, 0.1) is 10.1 Å². The van der Waals surface area contributed by atoms with Gasteiger partial charge in [0, 0.05) is 21.7 Å². The van der Waals surface area contributed by atoms with Crippen molar-refractivity contribution in [2.75, 3.05) is 6.61 Å². The lowest BCUT2D eigenvalue weighted by Crippen LogP contribution is -2.22. The van der Waals surface area contributed by atoms with Gasteiger partial charge >= 0.3 is 5.69 Å². The zero-order valence-electron chi connectivity index (χ0n) is 15.0. The second kappa shape index (κ2) is 8.71. The molecule has 8 heteroatoms. The van der Waals surface area contributed by atoms with Crippen LogP contribution in [-0.4, -0.2) is 17.4 Å². The quantitative estimate of drug-likeness (QED) is 0.411. The molecule has 1 aromatic heterocycles. The fourth-order valence-electron chi connectivity index (χ4n) is 2.59. The SMILES string of the molecule is CCOc1ccc(C(=O)NCc2ccc(-c3ccc(Br)cc3)o2)cc1[N+](=O)[O-]. The molecule has 2 aromatic carbocycles. The highest BCUT2D eigenvalue weighted by molar-refractivity contribution is 9.10. The lowest BCUT2D eigenvalue weighted by molar-refractivity contribution is -0.385. The van der Waals surface area contributed by atoms with Gasteiger partial charge in [0.2, 0.25) is 0 Å². The van der Waals surface area contributed by atoms with Crippen molar-refractivity contribution in [3.63, 3.8) is 0 Å². The Morgan fingerprint density at radius 2 is 1.93 bits per heavy atom. The molecule has 0 radical (unpaired) electrons. The van der Waals surface area contributed by atoms with E-state index in [1.165, 1.54) is 18.2 Å². The van der Waals surface area contributed by atoms with E-state index in [9.17, 15) is 14.9 Å². The number of nitro groups is 1. The normalized spacial score (nSPS) is 10.5. The first kappa shape index (κ1) is 19.6. The zero-order chi connectivity index (χ0) is 20.1. The summed E-state index contributed by atoms with van der Waals surface area (Å²) in [5, 5.41) is 13.9. The van der Waals surface area contributed by atoms with Crippen LogP contribution in [0.3, 0.4) is 0 Å². The first-order valence-corrected chi connectivity index (χ1v) is 9.31. The summed E-state index contributed by atoms with van der Waals surface area (Å²) in [5.74, 6) is 0.960. The third kappa shape index (κ3) is 4.58. The number of hydrogen-bond acceptors (Lipinski definition) is 5. The molecule has 144 valence electrons. The smallest absolute Gasteiger partial charge is 0.311 e. The number of hydrogen-bond donors (Lipinski definition) is 1. The van der Waals surface area contributed by atoms with Crippen LogP contribution in [0.5, 0.6) is 5.75 Å². The number of benzene rings is 2. The third-order valence-corrected chi connectivity index (χ3v) is 4.46. The van der Waals surface area contributed by atoms with Crippen LogP contribution in [0.25, 0.3) is 11.3 Å². The summed E-state index contributed by atoms with van der Waals surface area (Å²) in [4.78, 5) is 23.0. The Labute approximate surface area is 169 Å². The largest absolute Gasteiger partial charge is 0.487 e. The van der Waals surface area contributed by atoms with Crippen molar-refractivity contribution in [3.8, 4) is 17.1 Å². The fourth-order valence-corrected chi connectivity index (χ4v) is 2.85. The molecule has 3 aromatic rings. The number of nitrogens with zero attached hydrogens (tertiary/aromatic N) is 1. The van der Waals surface area contributed by atoms with E-state index in [0.29, 0.717) is 18.1 Å². The van der Waals surface area contributed by atoms with Gasteiger partial charge in [0.25, 0.3) is 5.91 Å². The molecule has 1 N–H and O–H groups in total. The first-order chi connectivity index (χ1) is 13.5. The average Bonchev–Trinajstić information content (AvgIpc) is 3.16. The Morgan fingerprint density at radius 3 is 2.61 bits per heavy atom. The lowest BCUT2D eigenvalue weighted by Gasteiger charge is -2.07. The number of rotatable bonds is 7. The predicted octanol–water partition coefficient (Wildman–Crippen LogP) is 4.95. The van der Waals surface area contributed by atoms with Gasteiger partial charge in [-0.05, 0) is 43.3 Å². The Hall–Kier alpha value is -3.13. The molecule has 0 spiro atoms. The van der Waals surface area contributed by atoms with Gasteiger partial charge in [-0.25, -0.2) is 0 Å². The zero-order valence-corrected chi connectivity index (χ0v) is 16.6. The summed E-state index contributed by atoms with van der Waals surface area (Å²) < 4.78 is 11.9. The number of ether oxygens (including phenoxy) is 1. The van der Waals surface area contributed by atoms with Crippen molar-refractivity contribution in [1.29, 1.82) is 0 Å². The number of amides is 1. The molecule has 1 heterocycles. The summed E-state index contributed by atoms with van der Waals surface area (Å²) in [5.41, 5.74) is 0.850. The standard InChI is InChI=1S/C20H17BrN2O5/c1-2-27-19-9-5-14(11-17(19)23(25)26)20(24)22-12-16-8-10-18(28-16)13-3-6-15(21)7-4-13/h3-11H,2,12H2,1H3,(H,22,24). The van der Waals surface area contributed by atoms with Crippen molar-refractivity contribution in [1.82, 2.24) is 5.32 Å². The van der Waals surface area contributed by atoms with E-state index in [-0.39, 0.29) is 23.5 Å². The third-order valence-electron chi connectivity index (χ3n) is 3.93. The number of carbonyl (C=O) groups is 1. The second-order valence-corrected chi connectivity index (χ2v) is 6.74. The van der Waals surface area contributed by atoms with Crippen LogP contribution >= 0.6 is 15.9 Å². The minimum Gasteiger partial charge on any atom is -0.487 e. The molecular weight excluding hydrogens is 428 g/mol.